The van der Waals surface area contributed by atoms with Crippen molar-refractivity contribution in [2.75, 3.05) is 11.0 Å². The molecule has 0 fully saturated rings. The van der Waals surface area contributed by atoms with Crippen LogP contribution in [0.3, 0.4) is 0 Å². The molecule has 1 rings (SSSR count). The van der Waals surface area contributed by atoms with Crippen LogP contribution in [0.5, 0.6) is 0 Å². The van der Waals surface area contributed by atoms with Crippen molar-refractivity contribution < 1.29 is 10.4 Å². The highest BCUT2D eigenvalue weighted by molar-refractivity contribution is 5.51. The molecule has 0 aliphatic carbocycles. The minimum Gasteiger partial charge on any atom is -0.291 e. The van der Waals surface area contributed by atoms with Crippen molar-refractivity contribution in [3.8, 4) is 0 Å². The Labute approximate surface area is 58.0 Å². The molecule has 4 nitrogen and oxygen atoms in total. The largest absolute Gasteiger partial charge is 0.291 e. The smallest absolute Gasteiger partial charge is 0.0603 e. The molecule has 4 N–H and O–H groups in total. The lowest BCUT2D eigenvalue weighted by Gasteiger charge is -1.99. The van der Waals surface area contributed by atoms with Gasteiger partial charge < -0.3 is 0 Å². The van der Waals surface area contributed by atoms with Crippen LogP contribution in [0.25, 0.3) is 0 Å². The van der Waals surface area contributed by atoms with Crippen molar-refractivity contribution in [1.29, 1.82) is 0 Å². The van der Waals surface area contributed by atoms with E-state index in [0.29, 0.717) is 11.4 Å². The van der Waals surface area contributed by atoms with E-state index in [2.05, 4.69) is 0 Å². The van der Waals surface area contributed by atoms with E-state index in [4.69, 9.17) is 10.4 Å². The van der Waals surface area contributed by atoms with Gasteiger partial charge in [0.25, 0.3) is 0 Å². The molecule has 0 aliphatic heterocycles. The summed E-state index contributed by atoms with van der Waals surface area (Å²) in [5, 5.41) is 16.7. The minimum atomic E-state index is 0.582. The first-order chi connectivity index (χ1) is 4.86. The lowest BCUT2D eigenvalue weighted by molar-refractivity contribution is 0.386. The van der Waals surface area contributed by atoms with Gasteiger partial charge in [-0.15, -0.1) is 0 Å². The van der Waals surface area contributed by atoms with Gasteiger partial charge in [0.05, 0.1) is 11.4 Å². The van der Waals surface area contributed by atoms with Crippen LogP contribution in [-0.4, -0.2) is 10.4 Å². The molecule has 0 aliphatic rings. The fourth-order valence-electron chi connectivity index (χ4n) is 0.619. The summed E-state index contributed by atoms with van der Waals surface area (Å²) in [4.78, 5) is 0. The zero-order chi connectivity index (χ0) is 7.40. The van der Waals surface area contributed by atoms with Crippen molar-refractivity contribution in [2.45, 2.75) is 0 Å². The Morgan fingerprint density at radius 3 is 1.30 bits per heavy atom. The number of hydrogen-bond donors (Lipinski definition) is 4. The van der Waals surface area contributed by atoms with Gasteiger partial charge in [0.1, 0.15) is 0 Å². The Balaban J connectivity index is 2.80. The summed E-state index contributed by atoms with van der Waals surface area (Å²) in [7, 11) is 0. The van der Waals surface area contributed by atoms with Gasteiger partial charge in [0.2, 0.25) is 0 Å². The fourth-order valence-corrected chi connectivity index (χ4v) is 0.619. The van der Waals surface area contributed by atoms with Crippen LogP contribution in [-0.2, 0) is 0 Å². The first-order valence-corrected chi connectivity index (χ1v) is 2.77. The first kappa shape index (κ1) is 6.85. The molecular formula is C6H8N2O2. The van der Waals surface area contributed by atoms with Gasteiger partial charge in [-0.25, -0.2) is 0 Å². The maximum atomic E-state index is 8.37. The van der Waals surface area contributed by atoms with E-state index < -0.39 is 0 Å². The van der Waals surface area contributed by atoms with Gasteiger partial charge >= 0.3 is 0 Å². The van der Waals surface area contributed by atoms with Gasteiger partial charge in [0.15, 0.2) is 0 Å². The molecule has 0 saturated heterocycles. The predicted octanol–water partition coefficient (Wildman–Crippen LogP) is 1.29. The average Bonchev–Trinajstić information content (AvgIpc) is 2.05. The maximum Gasteiger partial charge on any atom is 0.0603 e. The quantitative estimate of drug-likeness (QED) is 0.467. The van der Waals surface area contributed by atoms with Crippen molar-refractivity contribution in [3.63, 3.8) is 0 Å². The second-order valence-corrected chi connectivity index (χ2v) is 1.80. The molecule has 0 radical (unpaired) electrons. The lowest BCUT2D eigenvalue weighted by atomic mass is 10.3. The molecule has 0 unspecified atom stereocenters. The first-order valence-electron chi connectivity index (χ1n) is 2.77. The summed E-state index contributed by atoms with van der Waals surface area (Å²) in [6, 6.07) is 6.49. The SMILES string of the molecule is ONc1ccc(NO)cc1. The van der Waals surface area contributed by atoms with E-state index in [1.54, 1.807) is 24.3 Å². The van der Waals surface area contributed by atoms with Crippen LogP contribution in [0.2, 0.25) is 0 Å². The van der Waals surface area contributed by atoms with Crippen LogP contribution in [0.1, 0.15) is 0 Å². The summed E-state index contributed by atoms with van der Waals surface area (Å²) in [6.07, 6.45) is 0. The highest BCUT2D eigenvalue weighted by atomic mass is 16.5. The monoisotopic (exact) mass is 140 g/mol. The molecule has 0 atom stereocenters. The van der Waals surface area contributed by atoms with Crippen molar-refractivity contribution in [2.24, 2.45) is 0 Å². The van der Waals surface area contributed by atoms with E-state index in [9.17, 15) is 0 Å². The molecule has 1 aromatic carbocycles. The fraction of sp³-hybridized carbons (Fsp3) is 0. The summed E-state index contributed by atoms with van der Waals surface area (Å²) >= 11 is 0. The molecule has 0 aromatic heterocycles. The minimum absolute atomic E-state index is 0.582. The molecule has 1 aromatic rings. The predicted molar refractivity (Wildman–Crippen MR) is 37.3 cm³/mol. The Kier molecular flexibility index (Phi) is 2.09. The lowest BCUT2D eigenvalue weighted by Crippen LogP contribution is -1.91. The van der Waals surface area contributed by atoms with Crippen LogP contribution in [0, 0.1) is 0 Å². The zero-order valence-electron chi connectivity index (χ0n) is 5.20. The third-order valence-electron chi connectivity index (χ3n) is 1.14. The molecule has 0 bridgehead atoms. The highest BCUT2D eigenvalue weighted by Crippen LogP contribution is 2.11. The highest BCUT2D eigenvalue weighted by Gasteiger charge is 1.88. The molecule has 0 spiro atoms. The molecule has 54 valence electrons. The van der Waals surface area contributed by atoms with Gasteiger partial charge in [-0.1, -0.05) is 0 Å². The van der Waals surface area contributed by atoms with Crippen molar-refractivity contribution >= 4 is 11.4 Å². The van der Waals surface area contributed by atoms with Gasteiger partial charge in [-0.2, -0.15) is 0 Å². The Morgan fingerprint density at radius 1 is 0.800 bits per heavy atom. The zero-order valence-corrected chi connectivity index (χ0v) is 5.20. The van der Waals surface area contributed by atoms with E-state index in [1.165, 1.54) is 0 Å². The molecule has 0 heterocycles. The second-order valence-electron chi connectivity index (χ2n) is 1.80. The van der Waals surface area contributed by atoms with Crippen LogP contribution in [0.15, 0.2) is 24.3 Å². The molecule has 0 amide bonds. The maximum absolute atomic E-state index is 8.37. The Morgan fingerprint density at radius 2 is 1.10 bits per heavy atom. The molecule has 0 saturated carbocycles. The van der Waals surface area contributed by atoms with Gasteiger partial charge in [-0.3, -0.25) is 21.4 Å². The second kappa shape index (κ2) is 3.05. The summed E-state index contributed by atoms with van der Waals surface area (Å²) in [5.74, 6) is 0. The van der Waals surface area contributed by atoms with Crippen molar-refractivity contribution in [3.05, 3.63) is 24.3 Å². The average molecular weight is 140 g/mol. The number of nitrogens with one attached hydrogen (secondary N) is 2. The molecule has 4 heteroatoms. The summed E-state index contributed by atoms with van der Waals surface area (Å²) in [6.45, 7) is 0. The van der Waals surface area contributed by atoms with Gasteiger partial charge in [0, 0.05) is 0 Å². The van der Waals surface area contributed by atoms with Crippen LogP contribution < -0.4 is 11.0 Å². The number of benzene rings is 1. The van der Waals surface area contributed by atoms with E-state index in [-0.39, 0.29) is 0 Å². The van der Waals surface area contributed by atoms with Crippen molar-refractivity contribution in [1.82, 2.24) is 0 Å². The standard InChI is InChI=1S/C6H8N2O2/c9-7-5-1-2-6(8-10)4-3-5/h1-4,7-10H. The normalized spacial score (nSPS) is 9.00. The summed E-state index contributed by atoms with van der Waals surface area (Å²) < 4.78 is 0. The van der Waals surface area contributed by atoms with Crippen LogP contribution >= 0.6 is 0 Å². The third kappa shape index (κ3) is 1.37. The Bertz CT molecular complexity index is 174. The van der Waals surface area contributed by atoms with E-state index >= 15 is 0 Å². The molecule has 10 heavy (non-hydrogen) atoms. The summed E-state index contributed by atoms with van der Waals surface area (Å²) in [5.41, 5.74) is 5.10. The number of rotatable bonds is 2. The van der Waals surface area contributed by atoms with Gasteiger partial charge in [-0.05, 0) is 24.3 Å². The van der Waals surface area contributed by atoms with Crippen LogP contribution in [0.4, 0.5) is 11.4 Å². The number of hydrogen-bond acceptors (Lipinski definition) is 4. The van der Waals surface area contributed by atoms with E-state index in [0.717, 1.165) is 0 Å². The Hall–Kier alpha value is -1.26. The van der Waals surface area contributed by atoms with E-state index in [1.807, 2.05) is 11.0 Å². The number of anilines is 2. The topological polar surface area (TPSA) is 64.5 Å². The third-order valence-corrected chi connectivity index (χ3v) is 1.14. The molecular weight excluding hydrogens is 132 g/mol.